The largest absolute Gasteiger partial charge is 0.360 e. The van der Waals surface area contributed by atoms with Crippen molar-refractivity contribution in [1.82, 2.24) is 15.1 Å². The van der Waals surface area contributed by atoms with E-state index < -0.39 is 0 Å². The highest BCUT2D eigenvalue weighted by Crippen LogP contribution is 2.16. The average molecular weight is 230 g/mol. The van der Waals surface area contributed by atoms with Gasteiger partial charge in [-0.05, 0) is 38.1 Å². The third-order valence-corrected chi connectivity index (χ3v) is 3.52. The number of likely N-dealkylation sites (tertiary alicyclic amines) is 1. The summed E-state index contributed by atoms with van der Waals surface area (Å²) in [5, 5.41) is 11.0. The maximum atomic E-state index is 4.95. The van der Waals surface area contributed by atoms with E-state index in [1.54, 1.807) is 0 Å². The molecule has 1 aliphatic heterocycles. The Kier molecular flexibility index (Phi) is 3.15. The molecule has 0 aliphatic carbocycles. The summed E-state index contributed by atoms with van der Waals surface area (Å²) in [5.74, 6) is 0.748. The lowest BCUT2D eigenvalue weighted by molar-refractivity contribution is 0.399. The van der Waals surface area contributed by atoms with Gasteiger partial charge in [0, 0.05) is 13.1 Å². The number of hydrogen-bond donors (Lipinski definition) is 2. The lowest BCUT2D eigenvalue weighted by Gasteiger charge is -2.10. The number of hydrogen-bond acceptors (Lipinski definition) is 5. The van der Waals surface area contributed by atoms with E-state index in [0.717, 1.165) is 21.5 Å². The highest BCUT2D eigenvalue weighted by atomic mass is 32.1. The Morgan fingerprint density at radius 2 is 2.64 bits per heavy atom. The minimum atomic E-state index is 0.732. The molecule has 0 amide bonds. The van der Waals surface area contributed by atoms with Crippen LogP contribution in [0.15, 0.2) is 0 Å². The first kappa shape index (κ1) is 10.1. The first-order chi connectivity index (χ1) is 6.74. The fourth-order valence-electron chi connectivity index (χ4n) is 1.73. The van der Waals surface area contributed by atoms with Crippen LogP contribution in [0.4, 0.5) is 5.13 Å². The van der Waals surface area contributed by atoms with Crippen molar-refractivity contribution in [2.24, 2.45) is 5.92 Å². The van der Waals surface area contributed by atoms with Crippen molar-refractivity contribution in [2.75, 3.05) is 32.0 Å². The molecular weight excluding hydrogens is 216 g/mol. The highest BCUT2D eigenvalue weighted by molar-refractivity contribution is 7.73. The van der Waals surface area contributed by atoms with Gasteiger partial charge < -0.3 is 10.2 Å². The molecule has 2 rings (SSSR count). The molecule has 0 saturated carbocycles. The van der Waals surface area contributed by atoms with Gasteiger partial charge in [0.2, 0.25) is 5.13 Å². The van der Waals surface area contributed by atoms with Crippen molar-refractivity contribution in [2.45, 2.75) is 6.42 Å². The average Bonchev–Trinajstić information content (AvgIpc) is 2.72. The van der Waals surface area contributed by atoms with Crippen LogP contribution < -0.4 is 5.32 Å². The molecule has 2 heterocycles. The molecule has 2 N–H and O–H groups in total. The van der Waals surface area contributed by atoms with E-state index in [0.29, 0.717) is 0 Å². The number of aromatic nitrogens is 2. The molecule has 0 radical (unpaired) electrons. The number of rotatable bonds is 3. The number of H-pyrrole nitrogens is 1. The van der Waals surface area contributed by atoms with Gasteiger partial charge in [-0.25, -0.2) is 0 Å². The van der Waals surface area contributed by atoms with Crippen LogP contribution in [-0.2, 0) is 0 Å². The first-order valence-corrected chi connectivity index (χ1v) is 5.94. The maximum absolute atomic E-state index is 4.95. The lowest BCUT2D eigenvalue weighted by atomic mass is 10.1. The van der Waals surface area contributed by atoms with Crippen LogP contribution in [0, 0.1) is 9.87 Å². The Morgan fingerprint density at radius 1 is 1.79 bits per heavy atom. The topological polar surface area (TPSA) is 44.0 Å². The summed E-state index contributed by atoms with van der Waals surface area (Å²) in [6, 6.07) is 0. The summed E-state index contributed by atoms with van der Waals surface area (Å²) in [6.07, 6.45) is 1.28. The lowest BCUT2D eigenvalue weighted by Crippen LogP contribution is -2.19. The van der Waals surface area contributed by atoms with Crippen LogP contribution in [0.25, 0.3) is 0 Å². The molecule has 0 bridgehead atoms. The van der Waals surface area contributed by atoms with Gasteiger partial charge in [0.05, 0.1) is 0 Å². The molecule has 78 valence electrons. The fourth-order valence-corrected chi connectivity index (χ4v) is 2.53. The monoisotopic (exact) mass is 230 g/mol. The molecule has 1 unspecified atom stereocenters. The van der Waals surface area contributed by atoms with Crippen molar-refractivity contribution >= 4 is 28.7 Å². The fraction of sp³-hybridized carbons (Fsp3) is 0.750. The summed E-state index contributed by atoms with van der Waals surface area (Å²) in [6.45, 7) is 3.39. The SMILES string of the molecule is CN1CCC(CNc2n[nH]c(=S)s2)C1. The van der Waals surface area contributed by atoms with Gasteiger partial charge in [0.15, 0.2) is 3.95 Å². The molecule has 6 heteroatoms. The molecule has 1 aromatic rings. The van der Waals surface area contributed by atoms with Crippen molar-refractivity contribution in [1.29, 1.82) is 0 Å². The van der Waals surface area contributed by atoms with Gasteiger partial charge in [0.1, 0.15) is 0 Å². The van der Waals surface area contributed by atoms with Gasteiger partial charge in [-0.15, -0.1) is 5.10 Å². The number of aromatic amines is 1. The van der Waals surface area contributed by atoms with Crippen LogP contribution in [-0.4, -0.2) is 41.8 Å². The first-order valence-electron chi connectivity index (χ1n) is 4.72. The van der Waals surface area contributed by atoms with E-state index in [1.807, 2.05) is 0 Å². The Labute approximate surface area is 92.3 Å². The molecular formula is C8H14N4S2. The maximum Gasteiger partial charge on any atom is 0.204 e. The van der Waals surface area contributed by atoms with Crippen molar-refractivity contribution in [3.05, 3.63) is 3.95 Å². The van der Waals surface area contributed by atoms with Crippen LogP contribution in [0.5, 0.6) is 0 Å². The Balaban J connectivity index is 1.80. The summed E-state index contributed by atoms with van der Waals surface area (Å²) in [5.41, 5.74) is 0. The van der Waals surface area contributed by atoms with Crippen LogP contribution in [0.2, 0.25) is 0 Å². The highest BCUT2D eigenvalue weighted by Gasteiger charge is 2.19. The van der Waals surface area contributed by atoms with Gasteiger partial charge in [-0.2, -0.15) is 0 Å². The normalized spacial score (nSPS) is 22.8. The second-order valence-electron chi connectivity index (χ2n) is 3.72. The number of anilines is 1. The van der Waals surface area contributed by atoms with Crippen LogP contribution in [0.3, 0.4) is 0 Å². The Morgan fingerprint density at radius 3 is 3.21 bits per heavy atom. The van der Waals surface area contributed by atoms with Crippen molar-refractivity contribution in [3.63, 3.8) is 0 Å². The Hall–Kier alpha value is -0.460. The Bertz CT molecular complexity index is 345. The van der Waals surface area contributed by atoms with E-state index in [-0.39, 0.29) is 0 Å². The van der Waals surface area contributed by atoms with E-state index in [1.165, 1.54) is 30.8 Å². The summed E-state index contributed by atoms with van der Waals surface area (Å²) in [4.78, 5) is 2.36. The minimum Gasteiger partial charge on any atom is -0.360 e. The zero-order chi connectivity index (χ0) is 9.97. The molecule has 1 fully saturated rings. The zero-order valence-electron chi connectivity index (χ0n) is 8.12. The van der Waals surface area contributed by atoms with E-state index in [9.17, 15) is 0 Å². The van der Waals surface area contributed by atoms with Crippen LogP contribution >= 0.6 is 23.6 Å². The second-order valence-corrected chi connectivity index (χ2v) is 5.38. The quantitative estimate of drug-likeness (QED) is 0.774. The van der Waals surface area contributed by atoms with Crippen LogP contribution in [0.1, 0.15) is 6.42 Å². The molecule has 4 nitrogen and oxygen atoms in total. The predicted molar refractivity (Wildman–Crippen MR) is 61.4 cm³/mol. The number of nitrogens with one attached hydrogen (secondary N) is 2. The second kappa shape index (κ2) is 4.37. The van der Waals surface area contributed by atoms with Gasteiger partial charge in [0.25, 0.3) is 0 Å². The molecule has 1 aromatic heterocycles. The van der Waals surface area contributed by atoms with Crippen molar-refractivity contribution in [3.8, 4) is 0 Å². The third kappa shape index (κ3) is 2.52. The van der Waals surface area contributed by atoms with Gasteiger partial charge in [-0.3, -0.25) is 5.10 Å². The number of nitrogens with zero attached hydrogens (tertiary/aromatic N) is 2. The predicted octanol–water partition coefficient (Wildman–Crippen LogP) is 1.56. The van der Waals surface area contributed by atoms with Crippen molar-refractivity contribution < 1.29 is 0 Å². The summed E-state index contributed by atoms with van der Waals surface area (Å²) >= 11 is 6.45. The van der Waals surface area contributed by atoms with E-state index >= 15 is 0 Å². The van der Waals surface area contributed by atoms with E-state index in [2.05, 4.69) is 27.5 Å². The minimum absolute atomic E-state index is 0.732. The smallest absolute Gasteiger partial charge is 0.204 e. The van der Waals surface area contributed by atoms with E-state index in [4.69, 9.17) is 12.2 Å². The summed E-state index contributed by atoms with van der Waals surface area (Å²) < 4.78 is 0.732. The molecule has 1 aliphatic rings. The molecule has 14 heavy (non-hydrogen) atoms. The standard InChI is InChI=1S/C8H14N4S2/c1-12-3-2-6(5-12)4-9-7-10-11-8(13)14-7/h6H,2-5H2,1H3,(H,9,10)(H,11,13). The third-order valence-electron chi connectivity index (χ3n) is 2.47. The molecule has 1 saturated heterocycles. The molecule has 1 atom stereocenters. The van der Waals surface area contributed by atoms with Gasteiger partial charge >= 0.3 is 0 Å². The summed E-state index contributed by atoms with van der Waals surface area (Å²) in [7, 11) is 2.17. The molecule has 0 spiro atoms. The van der Waals surface area contributed by atoms with Gasteiger partial charge in [-0.1, -0.05) is 11.3 Å². The molecule has 0 aromatic carbocycles. The zero-order valence-corrected chi connectivity index (χ0v) is 9.75.